The number of nitrogens with one attached hydrogen (secondary N) is 2. The fraction of sp³-hybridized carbons (Fsp3) is 0.222. The van der Waals surface area contributed by atoms with Crippen molar-refractivity contribution in [2.24, 2.45) is 0 Å². The van der Waals surface area contributed by atoms with Crippen LogP contribution in [-0.4, -0.2) is 28.5 Å². The van der Waals surface area contributed by atoms with Crippen LogP contribution in [0, 0.1) is 13.8 Å². The predicted octanol–water partition coefficient (Wildman–Crippen LogP) is 2.73. The molecule has 0 saturated carbocycles. The summed E-state index contributed by atoms with van der Waals surface area (Å²) in [5.41, 5.74) is 1.03. The molecule has 1 amide bonds. The average molecular weight is 406 g/mol. The van der Waals surface area contributed by atoms with Gasteiger partial charge in [0.25, 0.3) is 11.5 Å². The summed E-state index contributed by atoms with van der Waals surface area (Å²) in [5.74, 6) is -0.631. The zero-order chi connectivity index (χ0) is 19.6. The lowest BCUT2D eigenvalue weighted by Gasteiger charge is -2.06. The van der Waals surface area contributed by atoms with Gasteiger partial charge in [-0.15, -0.1) is 11.3 Å². The van der Waals surface area contributed by atoms with E-state index in [1.807, 2.05) is 6.07 Å². The van der Waals surface area contributed by atoms with Crippen molar-refractivity contribution >= 4 is 45.0 Å². The fourth-order valence-corrected chi connectivity index (χ4v) is 3.88. The van der Waals surface area contributed by atoms with Crippen molar-refractivity contribution < 1.29 is 14.3 Å². The molecule has 0 unspecified atom stereocenters. The molecule has 0 bridgehead atoms. The molecule has 3 rings (SSSR count). The summed E-state index contributed by atoms with van der Waals surface area (Å²) >= 11 is 6.96. The van der Waals surface area contributed by atoms with Crippen LogP contribution in [0.3, 0.4) is 0 Å². The van der Waals surface area contributed by atoms with E-state index in [0.29, 0.717) is 26.6 Å². The number of hydrogen-bond acceptors (Lipinski definition) is 6. The summed E-state index contributed by atoms with van der Waals surface area (Å²) in [6, 6.07) is 7.08. The lowest BCUT2D eigenvalue weighted by molar-refractivity contribution is -0.124. The Morgan fingerprint density at radius 1 is 1.33 bits per heavy atom. The van der Waals surface area contributed by atoms with E-state index >= 15 is 0 Å². The molecular formula is C18H16ClN3O4S. The normalized spacial score (nSPS) is 10.8. The second kappa shape index (κ2) is 7.89. The molecule has 27 heavy (non-hydrogen) atoms. The van der Waals surface area contributed by atoms with E-state index in [-0.39, 0.29) is 17.0 Å². The summed E-state index contributed by atoms with van der Waals surface area (Å²) < 4.78 is 5.08. The summed E-state index contributed by atoms with van der Waals surface area (Å²) in [6.45, 7) is 3.17. The SMILES string of the molecule is Cc1nc2sc(C(=O)OCC(=O)NCc3cccc(Cl)c3)c(C)c2c(=O)[nH]1. The van der Waals surface area contributed by atoms with Crippen LogP contribution < -0.4 is 10.9 Å². The number of nitrogens with zero attached hydrogens (tertiary/aromatic N) is 1. The lowest BCUT2D eigenvalue weighted by Crippen LogP contribution is -2.28. The van der Waals surface area contributed by atoms with Crippen LogP contribution in [-0.2, 0) is 16.1 Å². The number of rotatable bonds is 5. The molecule has 7 nitrogen and oxygen atoms in total. The Hall–Kier alpha value is -2.71. The summed E-state index contributed by atoms with van der Waals surface area (Å²) in [7, 11) is 0. The van der Waals surface area contributed by atoms with Gasteiger partial charge in [-0.3, -0.25) is 9.59 Å². The standard InChI is InChI=1S/C18H16ClN3O4S/c1-9-14-16(24)21-10(2)22-17(14)27-15(9)18(25)26-8-13(23)20-7-11-4-3-5-12(19)6-11/h3-6H,7-8H2,1-2H3,(H,20,23)(H,21,22,24). The minimum Gasteiger partial charge on any atom is -0.451 e. The largest absolute Gasteiger partial charge is 0.451 e. The minimum atomic E-state index is -0.662. The van der Waals surface area contributed by atoms with Gasteiger partial charge in [-0.25, -0.2) is 9.78 Å². The number of hydrogen-bond donors (Lipinski definition) is 2. The van der Waals surface area contributed by atoms with Crippen LogP contribution in [0.4, 0.5) is 0 Å². The van der Waals surface area contributed by atoms with E-state index in [4.69, 9.17) is 16.3 Å². The number of aromatic nitrogens is 2. The monoisotopic (exact) mass is 405 g/mol. The third-order valence-corrected chi connectivity index (χ3v) is 5.22. The van der Waals surface area contributed by atoms with Crippen molar-refractivity contribution in [1.82, 2.24) is 15.3 Å². The van der Waals surface area contributed by atoms with Crippen molar-refractivity contribution in [2.75, 3.05) is 6.61 Å². The number of amides is 1. The number of benzene rings is 1. The Balaban J connectivity index is 1.63. The second-order valence-corrected chi connectivity index (χ2v) is 7.31. The number of aromatic amines is 1. The predicted molar refractivity (Wildman–Crippen MR) is 103 cm³/mol. The number of halogens is 1. The number of carbonyl (C=O) groups excluding carboxylic acids is 2. The highest BCUT2D eigenvalue weighted by Crippen LogP contribution is 2.27. The minimum absolute atomic E-state index is 0.260. The third kappa shape index (κ3) is 4.35. The average Bonchev–Trinajstić information content (AvgIpc) is 2.94. The van der Waals surface area contributed by atoms with Crippen LogP contribution in [0.15, 0.2) is 29.1 Å². The van der Waals surface area contributed by atoms with Crippen LogP contribution in [0.25, 0.3) is 10.2 Å². The van der Waals surface area contributed by atoms with Gasteiger partial charge in [-0.1, -0.05) is 23.7 Å². The maximum Gasteiger partial charge on any atom is 0.349 e. The summed E-state index contributed by atoms with van der Waals surface area (Å²) in [5, 5.41) is 3.59. The van der Waals surface area contributed by atoms with Crippen molar-refractivity contribution in [1.29, 1.82) is 0 Å². The van der Waals surface area contributed by atoms with E-state index < -0.39 is 18.5 Å². The molecule has 0 saturated heterocycles. The number of thiophene rings is 1. The van der Waals surface area contributed by atoms with Gasteiger partial charge in [0.05, 0.1) is 5.39 Å². The zero-order valence-corrected chi connectivity index (χ0v) is 16.2. The number of H-pyrrole nitrogens is 1. The van der Waals surface area contributed by atoms with Crippen molar-refractivity contribution in [3.63, 3.8) is 0 Å². The van der Waals surface area contributed by atoms with Crippen molar-refractivity contribution in [3.05, 3.63) is 61.5 Å². The van der Waals surface area contributed by atoms with Gasteiger partial charge < -0.3 is 15.0 Å². The highest BCUT2D eigenvalue weighted by atomic mass is 35.5. The molecule has 2 N–H and O–H groups in total. The Kier molecular flexibility index (Phi) is 5.57. The molecule has 0 aliphatic heterocycles. The van der Waals surface area contributed by atoms with Gasteiger partial charge in [-0.2, -0.15) is 0 Å². The van der Waals surface area contributed by atoms with Crippen LogP contribution in [0.1, 0.15) is 26.6 Å². The Bertz CT molecular complexity index is 1090. The van der Waals surface area contributed by atoms with Gasteiger partial charge >= 0.3 is 5.97 Å². The van der Waals surface area contributed by atoms with Gasteiger partial charge in [0, 0.05) is 11.6 Å². The number of fused-ring (bicyclic) bond motifs is 1. The van der Waals surface area contributed by atoms with Crippen LogP contribution in [0.5, 0.6) is 0 Å². The van der Waals surface area contributed by atoms with Crippen molar-refractivity contribution in [2.45, 2.75) is 20.4 Å². The molecule has 0 fully saturated rings. The molecule has 1 aromatic carbocycles. The summed E-state index contributed by atoms with van der Waals surface area (Å²) in [4.78, 5) is 43.8. The molecule has 2 aromatic heterocycles. The first-order valence-electron chi connectivity index (χ1n) is 8.03. The topological polar surface area (TPSA) is 101 Å². The smallest absolute Gasteiger partial charge is 0.349 e. The van der Waals surface area contributed by atoms with Gasteiger partial charge in [0.2, 0.25) is 0 Å². The molecule has 0 spiro atoms. The highest BCUT2D eigenvalue weighted by molar-refractivity contribution is 7.20. The molecule has 0 aliphatic carbocycles. The fourth-order valence-electron chi connectivity index (χ4n) is 2.54. The van der Waals surface area contributed by atoms with Gasteiger partial charge in [0.1, 0.15) is 15.5 Å². The number of ether oxygens (including phenoxy) is 1. The first kappa shape index (κ1) is 19.1. The number of aryl methyl sites for hydroxylation is 2. The maximum absolute atomic E-state index is 12.3. The Morgan fingerprint density at radius 2 is 2.11 bits per heavy atom. The molecule has 3 aromatic rings. The summed E-state index contributed by atoms with van der Waals surface area (Å²) in [6.07, 6.45) is 0. The molecule has 0 aliphatic rings. The van der Waals surface area contributed by atoms with Crippen molar-refractivity contribution in [3.8, 4) is 0 Å². The molecule has 9 heteroatoms. The number of carbonyl (C=O) groups is 2. The Morgan fingerprint density at radius 3 is 2.85 bits per heavy atom. The molecule has 140 valence electrons. The second-order valence-electron chi connectivity index (χ2n) is 5.87. The van der Waals surface area contributed by atoms with E-state index in [1.54, 1.807) is 32.0 Å². The maximum atomic E-state index is 12.3. The van der Waals surface area contributed by atoms with E-state index in [1.165, 1.54) is 0 Å². The molecular weight excluding hydrogens is 390 g/mol. The van der Waals surface area contributed by atoms with Crippen LogP contribution in [0.2, 0.25) is 5.02 Å². The highest BCUT2D eigenvalue weighted by Gasteiger charge is 2.20. The van der Waals surface area contributed by atoms with Gasteiger partial charge in [-0.05, 0) is 37.1 Å². The van der Waals surface area contributed by atoms with Crippen LogP contribution >= 0.6 is 22.9 Å². The van der Waals surface area contributed by atoms with E-state index in [0.717, 1.165) is 16.9 Å². The Labute approximate surface area is 163 Å². The molecule has 0 radical (unpaired) electrons. The van der Waals surface area contributed by atoms with Gasteiger partial charge in [0.15, 0.2) is 6.61 Å². The number of esters is 1. The van der Waals surface area contributed by atoms with E-state index in [9.17, 15) is 14.4 Å². The zero-order valence-electron chi connectivity index (χ0n) is 14.6. The first-order valence-corrected chi connectivity index (χ1v) is 9.23. The quantitative estimate of drug-likeness (QED) is 0.635. The van der Waals surface area contributed by atoms with E-state index in [2.05, 4.69) is 15.3 Å². The molecule has 2 heterocycles. The lowest BCUT2D eigenvalue weighted by atomic mass is 10.2. The molecule has 0 atom stereocenters. The third-order valence-electron chi connectivity index (χ3n) is 3.82. The first-order chi connectivity index (χ1) is 12.8.